The maximum Gasteiger partial charge on any atom is 0.290 e. The highest BCUT2D eigenvalue weighted by atomic mass is 32.2. The van der Waals surface area contributed by atoms with Crippen LogP contribution in [0.5, 0.6) is 0 Å². The Hall–Kier alpha value is -2.06. The standard InChI is InChI=1S/C24H26N2O3S2/c1-26-13-21(30-16-19-5-3-2-4-6-19)12-20(26)15-29-14-18-9-7-17(8-10-18)11-22-23(27)25-24(28)31-22/h2-11,20-21H,12-16H2,1H3,(H,25,27,28)/b22-11-. The van der Waals surface area contributed by atoms with E-state index in [-0.39, 0.29) is 11.1 Å². The molecule has 0 aliphatic carbocycles. The van der Waals surface area contributed by atoms with E-state index in [2.05, 4.69) is 47.6 Å². The van der Waals surface area contributed by atoms with Crippen molar-refractivity contribution < 1.29 is 14.3 Å². The summed E-state index contributed by atoms with van der Waals surface area (Å²) in [5, 5.41) is 2.59. The third kappa shape index (κ3) is 6.23. The van der Waals surface area contributed by atoms with E-state index in [1.165, 1.54) is 5.56 Å². The highest BCUT2D eigenvalue weighted by molar-refractivity contribution is 8.18. The molecule has 2 atom stereocenters. The molecule has 2 heterocycles. The molecule has 31 heavy (non-hydrogen) atoms. The summed E-state index contributed by atoms with van der Waals surface area (Å²) in [5.74, 6) is 0.729. The summed E-state index contributed by atoms with van der Waals surface area (Å²) in [5.41, 5.74) is 3.37. The zero-order chi connectivity index (χ0) is 21.6. The van der Waals surface area contributed by atoms with Crippen LogP contribution in [0.1, 0.15) is 23.1 Å². The van der Waals surface area contributed by atoms with Crippen LogP contribution in [0.25, 0.3) is 6.08 Å². The van der Waals surface area contributed by atoms with Crippen molar-refractivity contribution in [2.45, 2.75) is 30.1 Å². The van der Waals surface area contributed by atoms with Crippen LogP contribution in [0.2, 0.25) is 0 Å². The van der Waals surface area contributed by atoms with E-state index in [0.717, 1.165) is 48.2 Å². The summed E-state index contributed by atoms with van der Waals surface area (Å²) in [6.07, 6.45) is 2.88. The molecule has 2 unspecified atom stereocenters. The first-order valence-electron chi connectivity index (χ1n) is 10.3. The van der Waals surface area contributed by atoms with Crippen LogP contribution in [0.15, 0.2) is 59.5 Å². The monoisotopic (exact) mass is 454 g/mol. The lowest BCUT2D eigenvalue weighted by atomic mass is 10.1. The Labute approximate surface area is 191 Å². The average molecular weight is 455 g/mol. The summed E-state index contributed by atoms with van der Waals surface area (Å²) in [7, 11) is 2.18. The van der Waals surface area contributed by atoms with Crippen molar-refractivity contribution in [2.24, 2.45) is 0 Å². The molecule has 2 saturated heterocycles. The number of nitrogens with one attached hydrogen (secondary N) is 1. The Kier molecular flexibility index (Phi) is 7.50. The van der Waals surface area contributed by atoms with Gasteiger partial charge in [0.05, 0.1) is 18.1 Å². The number of amides is 2. The molecule has 162 valence electrons. The number of carbonyl (C=O) groups is 2. The fraction of sp³-hybridized carbons (Fsp3) is 0.333. The van der Waals surface area contributed by atoms with Crippen LogP contribution in [0.4, 0.5) is 4.79 Å². The average Bonchev–Trinajstić information content (AvgIpc) is 3.29. The fourth-order valence-corrected chi connectivity index (χ4v) is 5.73. The summed E-state index contributed by atoms with van der Waals surface area (Å²) in [6.45, 7) is 2.39. The molecule has 2 aromatic rings. The number of likely N-dealkylation sites (N-methyl/N-ethyl adjacent to an activating group) is 1. The number of likely N-dealkylation sites (tertiary alicyclic amines) is 1. The first-order chi connectivity index (χ1) is 15.1. The topological polar surface area (TPSA) is 58.6 Å². The third-order valence-electron chi connectivity index (χ3n) is 5.48. The lowest BCUT2D eigenvalue weighted by Crippen LogP contribution is -2.29. The van der Waals surface area contributed by atoms with Gasteiger partial charge in [0, 0.05) is 23.6 Å². The Morgan fingerprint density at radius 1 is 1.13 bits per heavy atom. The SMILES string of the molecule is CN1CC(SCc2ccccc2)CC1COCc1ccc(/C=C2\SC(=O)NC2=O)cc1. The van der Waals surface area contributed by atoms with E-state index < -0.39 is 0 Å². The van der Waals surface area contributed by atoms with Crippen molar-refractivity contribution in [1.82, 2.24) is 10.2 Å². The van der Waals surface area contributed by atoms with E-state index in [1.54, 1.807) is 6.08 Å². The molecule has 0 bridgehead atoms. The Bertz CT molecular complexity index is 947. The lowest BCUT2D eigenvalue weighted by molar-refractivity contribution is -0.115. The van der Waals surface area contributed by atoms with Gasteiger partial charge in [-0.3, -0.25) is 19.8 Å². The molecule has 7 heteroatoms. The number of ether oxygens (including phenoxy) is 1. The minimum absolute atomic E-state index is 0.321. The van der Waals surface area contributed by atoms with Crippen LogP contribution in [0, 0.1) is 0 Å². The molecule has 0 saturated carbocycles. The number of hydrogen-bond donors (Lipinski definition) is 1. The zero-order valence-corrected chi connectivity index (χ0v) is 19.1. The first-order valence-corrected chi connectivity index (χ1v) is 12.2. The summed E-state index contributed by atoms with van der Waals surface area (Å²) >= 11 is 2.97. The quantitative estimate of drug-likeness (QED) is 0.592. The number of thioether (sulfide) groups is 2. The van der Waals surface area contributed by atoms with Gasteiger partial charge in [-0.25, -0.2) is 0 Å². The van der Waals surface area contributed by atoms with Gasteiger partial charge < -0.3 is 4.74 Å². The Morgan fingerprint density at radius 3 is 2.61 bits per heavy atom. The predicted octanol–water partition coefficient (Wildman–Crippen LogP) is 4.53. The second-order valence-corrected chi connectivity index (χ2v) is 10.2. The Morgan fingerprint density at radius 2 is 1.90 bits per heavy atom. The molecule has 0 aromatic heterocycles. The van der Waals surface area contributed by atoms with Gasteiger partial charge in [0.25, 0.3) is 11.1 Å². The van der Waals surface area contributed by atoms with Crippen molar-refractivity contribution in [3.8, 4) is 0 Å². The molecular weight excluding hydrogens is 428 g/mol. The number of nitrogens with zero attached hydrogens (tertiary/aromatic N) is 1. The van der Waals surface area contributed by atoms with Crippen LogP contribution < -0.4 is 5.32 Å². The summed E-state index contributed by atoms with van der Waals surface area (Å²) in [6, 6.07) is 19.0. The maximum absolute atomic E-state index is 11.6. The van der Waals surface area contributed by atoms with Crippen molar-refractivity contribution in [1.29, 1.82) is 0 Å². The predicted molar refractivity (Wildman–Crippen MR) is 128 cm³/mol. The number of benzene rings is 2. The van der Waals surface area contributed by atoms with E-state index >= 15 is 0 Å². The zero-order valence-electron chi connectivity index (χ0n) is 17.5. The molecule has 1 N–H and O–H groups in total. The minimum Gasteiger partial charge on any atom is -0.375 e. The van der Waals surface area contributed by atoms with Gasteiger partial charge in [0.15, 0.2) is 0 Å². The first kappa shape index (κ1) is 22.1. The van der Waals surface area contributed by atoms with Gasteiger partial charge in [-0.05, 0) is 48.0 Å². The highest BCUT2D eigenvalue weighted by Crippen LogP contribution is 2.29. The van der Waals surface area contributed by atoms with E-state index in [1.807, 2.05) is 36.0 Å². The van der Waals surface area contributed by atoms with Crippen LogP contribution >= 0.6 is 23.5 Å². The third-order valence-corrected chi connectivity index (χ3v) is 7.60. The van der Waals surface area contributed by atoms with Crippen molar-refractivity contribution in [3.05, 3.63) is 76.2 Å². The van der Waals surface area contributed by atoms with E-state index in [4.69, 9.17) is 4.74 Å². The lowest BCUT2D eigenvalue weighted by Gasteiger charge is -2.18. The molecule has 2 aliphatic rings. The fourth-order valence-electron chi connectivity index (χ4n) is 3.73. The molecule has 2 fully saturated rings. The number of carbonyl (C=O) groups excluding carboxylic acids is 2. The van der Waals surface area contributed by atoms with Crippen LogP contribution in [-0.4, -0.2) is 47.5 Å². The summed E-state index contributed by atoms with van der Waals surface area (Å²) in [4.78, 5) is 25.7. The largest absolute Gasteiger partial charge is 0.375 e. The second-order valence-electron chi connectivity index (χ2n) is 7.86. The molecule has 2 aromatic carbocycles. The van der Waals surface area contributed by atoms with Crippen molar-refractivity contribution >= 4 is 40.7 Å². The van der Waals surface area contributed by atoms with Gasteiger partial charge in [-0.15, -0.1) is 0 Å². The Balaban J connectivity index is 1.21. The molecule has 4 rings (SSSR count). The number of imide groups is 1. The minimum atomic E-state index is -0.330. The van der Waals surface area contributed by atoms with Gasteiger partial charge >= 0.3 is 0 Å². The van der Waals surface area contributed by atoms with E-state index in [0.29, 0.717) is 22.8 Å². The van der Waals surface area contributed by atoms with Crippen LogP contribution in [0.3, 0.4) is 0 Å². The summed E-state index contributed by atoms with van der Waals surface area (Å²) < 4.78 is 6.01. The molecule has 2 aliphatic heterocycles. The molecule has 0 radical (unpaired) electrons. The second kappa shape index (κ2) is 10.5. The van der Waals surface area contributed by atoms with Gasteiger partial charge in [-0.2, -0.15) is 11.8 Å². The van der Waals surface area contributed by atoms with Crippen molar-refractivity contribution in [3.63, 3.8) is 0 Å². The maximum atomic E-state index is 11.6. The molecule has 0 spiro atoms. The molecule has 2 amide bonds. The van der Waals surface area contributed by atoms with Crippen LogP contribution in [-0.2, 0) is 21.9 Å². The normalized spacial score (nSPS) is 22.9. The van der Waals surface area contributed by atoms with E-state index in [9.17, 15) is 9.59 Å². The molecule has 5 nitrogen and oxygen atoms in total. The van der Waals surface area contributed by atoms with Gasteiger partial charge in [0.2, 0.25) is 0 Å². The molecular formula is C24H26N2O3S2. The van der Waals surface area contributed by atoms with Crippen molar-refractivity contribution in [2.75, 3.05) is 20.2 Å². The highest BCUT2D eigenvalue weighted by Gasteiger charge is 2.29. The van der Waals surface area contributed by atoms with Gasteiger partial charge in [-0.1, -0.05) is 54.6 Å². The van der Waals surface area contributed by atoms with Gasteiger partial charge in [0.1, 0.15) is 0 Å². The number of hydrogen-bond acceptors (Lipinski definition) is 6. The number of rotatable bonds is 8. The smallest absolute Gasteiger partial charge is 0.290 e.